The Morgan fingerprint density at radius 2 is 2.00 bits per heavy atom. The number of rotatable bonds is 5. The van der Waals surface area contributed by atoms with Crippen LogP contribution in [0.4, 0.5) is 13.2 Å². The van der Waals surface area contributed by atoms with Gasteiger partial charge in [0.1, 0.15) is 5.75 Å². The average Bonchev–Trinajstić information content (AvgIpc) is 3.33. The number of hydrogen-bond donors (Lipinski definition) is 2. The largest absolute Gasteiger partial charge is 0.573 e. The van der Waals surface area contributed by atoms with Crippen LogP contribution in [0.25, 0.3) is 0 Å². The van der Waals surface area contributed by atoms with E-state index in [1.807, 2.05) is 0 Å². The summed E-state index contributed by atoms with van der Waals surface area (Å²) < 4.78 is 41.7. The van der Waals surface area contributed by atoms with Crippen molar-refractivity contribution in [3.8, 4) is 5.75 Å². The highest BCUT2D eigenvalue weighted by Gasteiger charge is 2.46. The molecule has 4 nitrogen and oxygen atoms in total. The third-order valence-electron chi connectivity index (χ3n) is 5.17. The third-order valence-corrected chi connectivity index (χ3v) is 5.17. The molecule has 1 aliphatic heterocycles. The molecular weight excluding hydrogens is 333 g/mol. The Hall–Kier alpha value is -1.76. The summed E-state index contributed by atoms with van der Waals surface area (Å²) in [5, 5.41) is 6.29. The number of carbonyl (C=O) groups is 1. The number of hydrogen-bond acceptors (Lipinski definition) is 3. The number of carbonyl (C=O) groups excluding carboxylic acids is 1. The molecule has 1 aliphatic carbocycles. The first-order valence-electron chi connectivity index (χ1n) is 8.61. The number of halogens is 3. The second-order valence-electron chi connectivity index (χ2n) is 7.31. The van der Waals surface area contributed by atoms with Gasteiger partial charge in [-0.05, 0) is 55.3 Å². The van der Waals surface area contributed by atoms with Crippen molar-refractivity contribution in [3.63, 3.8) is 0 Å². The third kappa shape index (κ3) is 4.66. The SMILES string of the molecule is CC1(CNC(=O)C2CC2c2ccccc2OC(F)(F)F)CCNCC1. The monoisotopic (exact) mass is 356 g/mol. The second kappa shape index (κ2) is 6.86. The Kier molecular flexibility index (Phi) is 4.95. The van der Waals surface area contributed by atoms with Crippen molar-refractivity contribution >= 4 is 5.91 Å². The summed E-state index contributed by atoms with van der Waals surface area (Å²) in [5.74, 6) is -0.769. The molecule has 2 unspecified atom stereocenters. The minimum atomic E-state index is -4.73. The summed E-state index contributed by atoms with van der Waals surface area (Å²) in [7, 11) is 0. The summed E-state index contributed by atoms with van der Waals surface area (Å²) >= 11 is 0. The molecular formula is C18H23F3N2O2. The Labute approximate surface area is 145 Å². The summed E-state index contributed by atoms with van der Waals surface area (Å²) in [5.41, 5.74) is 0.538. The van der Waals surface area contributed by atoms with Crippen LogP contribution in [-0.4, -0.2) is 31.9 Å². The number of piperidine rings is 1. The standard InChI is InChI=1S/C18H23F3N2O2/c1-17(6-8-22-9-7-17)11-23-16(24)14-10-13(14)12-4-2-3-5-15(12)25-18(19,20)21/h2-5,13-14,22H,6-11H2,1H3,(H,23,24). The number of ether oxygens (including phenoxy) is 1. The zero-order valence-corrected chi connectivity index (χ0v) is 14.2. The number of para-hydroxylation sites is 1. The highest BCUT2D eigenvalue weighted by molar-refractivity contribution is 5.83. The quantitative estimate of drug-likeness (QED) is 0.852. The highest BCUT2D eigenvalue weighted by Crippen LogP contribution is 2.51. The van der Waals surface area contributed by atoms with Crippen molar-refractivity contribution < 1.29 is 22.7 Å². The van der Waals surface area contributed by atoms with Crippen molar-refractivity contribution in [3.05, 3.63) is 29.8 Å². The van der Waals surface area contributed by atoms with Crippen LogP contribution in [-0.2, 0) is 4.79 Å². The fourth-order valence-electron chi connectivity index (χ4n) is 3.47. The number of benzene rings is 1. The molecule has 1 aromatic rings. The van der Waals surface area contributed by atoms with Gasteiger partial charge in [-0.2, -0.15) is 0 Å². The fraction of sp³-hybridized carbons (Fsp3) is 0.611. The molecule has 7 heteroatoms. The molecule has 138 valence electrons. The van der Waals surface area contributed by atoms with Crippen molar-refractivity contribution in [2.45, 2.75) is 38.5 Å². The summed E-state index contributed by atoms with van der Waals surface area (Å²) in [6.45, 7) is 4.66. The lowest BCUT2D eigenvalue weighted by Gasteiger charge is -2.34. The minimum Gasteiger partial charge on any atom is -0.405 e. The fourth-order valence-corrected chi connectivity index (χ4v) is 3.47. The maximum atomic E-state index is 12.5. The molecule has 2 aliphatic rings. The van der Waals surface area contributed by atoms with Crippen molar-refractivity contribution in [2.75, 3.05) is 19.6 Å². The molecule has 1 heterocycles. The van der Waals surface area contributed by atoms with E-state index in [1.165, 1.54) is 12.1 Å². The lowest BCUT2D eigenvalue weighted by atomic mass is 9.81. The van der Waals surface area contributed by atoms with Gasteiger partial charge in [0.25, 0.3) is 0 Å². The van der Waals surface area contributed by atoms with E-state index in [1.54, 1.807) is 12.1 Å². The van der Waals surface area contributed by atoms with Crippen LogP contribution >= 0.6 is 0 Å². The average molecular weight is 356 g/mol. The van der Waals surface area contributed by atoms with E-state index in [9.17, 15) is 18.0 Å². The Morgan fingerprint density at radius 1 is 1.32 bits per heavy atom. The van der Waals surface area contributed by atoms with Gasteiger partial charge in [-0.1, -0.05) is 25.1 Å². The first kappa shape index (κ1) is 18.0. The second-order valence-corrected chi connectivity index (χ2v) is 7.31. The summed E-state index contributed by atoms with van der Waals surface area (Å²) in [4.78, 5) is 12.4. The van der Waals surface area contributed by atoms with Gasteiger partial charge >= 0.3 is 6.36 Å². The first-order valence-corrected chi connectivity index (χ1v) is 8.61. The van der Waals surface area contributed by atoms with Gasteiger partial charge in [-0.3, -0.25) is 4.79 Å². The van der Waals surface area contributed by atoms with Crippen molar-refractivity contribution in [1.29, 1.82) is 0 Å². The van der Waals surface area contributed by atoms with Gasteiger partial charge in [-0.25, -0.2) is 0 Å². The molecule has 25 heavy (non-hydrogen) atoms. The molecule has 1 amide bonds. The predicted octanol–water partition coefficient (Wildman–Crippen LogP) is 3.19. The number of alkyl halides is 3. The van der Waals surface area contributed by atoms with Crippen LogP contribution in [0.3, 0.4) is 0 Å². The zero-order chi connectivity index (χ0) is 18.1. The van der Waals surface area contributed by atoms with Gasteiger partial charge in [-0.15, -0.1) is 13.2 Å². The molecule has 1 saturated heterocycles. The van der Waals surface area contributed by atoms with Crippen molar-refractivity contribution in [1.82, 2.24) is 10.6 Å². The molecule has 1 aromatic carbocycles. The predicted molar refractivity (Wildman–Crippen MR) is 87.2 cm³/mol. The van der Waals surface area contributed by atoms with E-state index in [-0.39, 0.29) is 28.9 Å². The topological polar surface area (TPSA) is 50.4 Å². The van der Waals surface area contributed by atoms with E-state index < -0.39 is 6.36 Å². The first-order chi connectivity index (χ1) is 11.8. The highest BCUT2D eigenvalue weighted by atomic mass is 19.4. The summed E-state index contributed by atoms with van der Waals surface area (Å²) in [6.07, 6.45) is -2.16. The molecule has 0 radical (unpaired) electrons. The van der Waals surface area contributed by atoms with Crippen LogP contribution in [0, 0.1) is 11.3 Å². The van der Waals surface area contributed by atoms with E-state index in [4.69, 9.17) is 0 Å². The van der Waals surface area contributed by atoms with Crippen LogP contribution in [0.15, 0.2) is 24.3 Å². The van der Waals surface area contributed by atoms with Gasteiger partial charge in [0.05, 0.1) is 0 Å². The Balaban J connectivity index is 1.58. The van der Waals surface area contributed by atoms with Crippen LogP contribution < -0.4 is 15.4 Å². The molecule has 0 bridgehead atoms. The molecule has 1 saturated carbocycles. The molecule has 2 N–H and O–H groups in total. The molecule has 2 atom stereocenters. The molecule has 3 rings (SSSR count). The van der Waals surface area contributed by atoms with E-state index in [2.05, 4.69) is 22.3 Å². The lowest BCUT2D eigenvalue weighted by Crippen LogP contribution is -2.43. The van der Waals surface area contributed by atoms with Gasteiger partial charge in [0, 0.05) is 12.5 Å². The molecule has 0 aromatic heterocycles. The van der Waals surface area contributed by atoms with Crippen LogP contribution in [0.5, 0.6) is 5.75 Å². The van der Waals surface area contributed by atoms with Crippen molar-refractivity contribution in [2.24, 2.45) is 11.3 Å². The van der Waals surface area contributed by atoms with Gasteiger partial charge < -0.3 is 15.4 Å². The molecule has 2 fully saturated rings. The van der Waals surface area contributed by atoms with E-state index in [0.29, 0.717) is 18.5 Å². The Morgan fingerprint density at radius 3 is 2.68 bits per heavy atom. The number of nitrogens with one attached hydrogen (secondary N) is 2. The smallest absolute Gasteiger partial charge is 0.405 e. The Bertz CT molecular complexity index is 627. The van der Waals surface area contributed by atoms with Gasteiger partial charge in [0.2, 0.25) is 5.91 Å². The van der Waals surface area contributed by atoms with E-state index >= 15 is 0 Å². The number of amides is 1. The lowest BCUT2D eigenvalue weighted by molar-refractivity contribution is -0.274. The zero-order valence-electron chi connectivity index (χ0n) is 14.2. The van der Waals surface area contributed by atoms with E-state index in [0.717, 1.165) is 25.9 Å². The maximum absolute atomic E-state index is 12.5. The summed E-state index contributed by atoms with van der Waals surface area (Å²) in [6, 6.07) is 6.07. The minimum absolute atomic E-state index is 0.0773. The van der Waals surface area contributed by atoms with Crippen LogP contribution in [0.2, 0.25) is 0 Å². The normalized spacial score (nSPS) is 25.3. The van der Waals surface area contributed by atoms with Gasteiger partial charge in [0.15, 0.2) is 0 Å². The maximum Gasteiger partial charge on any atom is 0.573 e. The van der Waals surface area contributed by atoms with Crippen LogP contribution in [0.1, 0.15) is 37.7 Å². The molecule has 0 spiro atoms.